The SMILES string of the molecule is CCCCCCCCCCC(OC(CCCCCCCCCC)C1CCO1)C1CCO1.O=S(=O)(O)O. The lowest BCUT2D eigenvalue weighted by Crippen LogP contribution is -2.47. The molecule has 0 amide bonds. The zero-order valence-corrected chi connectivity index (χ0v) is 24.0. The van der Waals surface area contributed by atoms with Crippen molar-refractivity contribution in [1.82, 2.24) is 0 Å². The molecule has 0 bridgehead atoms. The van der Waals surface area contributed by atoms with Gasteiger partial charge in [-0.2, -0.15) is 8.42 Å². The fourth-order valence-corrected chi connectivity index (χ4v) is 4.96. The summed E-state index contributed by atoms with van der Waals surface area (Å²) in [5.41, 5.74) is 0. The van der Waals surface area contributed by atoms with E-state index in [-0.39, 0.29) is 12.2 Å². The summed E-state index contributed by atoms with van der Waals surface area (Å²) in [6, 6.07) is 0. The smallest absolute Gasteiger partial charge is 0.375 e. The molecule has 2 saturated heterocycles. The van der Waals surface area contributed by atoms with Crippen LogP contribution in [-0.2, 0) is 24.6 Å². The summed E-state index contributed by atoms with van der Waals surface area (Å²) < 4.78 is 50.1. The number of ether oxygens (including phenoxy) is 3. The standard InChI is InChI=1S/C28H54O3.H2O4S/c1-3-5-7-9-11-13-15-17-19-27(25-21-23-29-25)31-28(26-22-24-30-26)20-18-16-14-12-10-8-6-4-2;1-5(2,3)4/h25-28H,3-24H2,1-2H3;(H2,1,2,3,4). The van der Waals surface area contributed by atoms with Crippen LogP contribution in [0.5, 0.6) is 0 Å². The molecule has 4 unspecified atom stereocenters. The van der Waals surface area contributed by atoms with Crippen molar-refractivity contribution in [1.29, 1.82) is 0 Å². The van der Waals surface area contributed by atoms with Crippen molar-refractivity contribution in [2.45, 2.75) is 167 Å². The van der Waals surface area contributed by atoms with Crippen molar-refractivity contribution in [3.05, 3.63) is 0 Å². The Kier molecular flexibility index (Phi) is 20.3. The molecule has 36 heavy (non-hydrogen) atoms. The third-order valence-electron chi connectivity index (χ3n) is 7.33. The maximum absolute atomic E-state index is 8.74. The summed E-state index contributed by atoms with van der Waals surface area (Å²) in [5, 5.41) is 0. The van der Waals surface area contributed by atoms with E-state index < -0.39 is 10.4 Å². The van der Waals surface area contributed by atoms with Crippen LogP contribution in [0.2, 0.25) is 0 Å². The Labute approximate surface area is 222 Å². The van der Waals surface area contributed by atoms with Crippen molar-refractivity contribution in [3.63, 3.8) is 0 Å². The molecule has 2 N–H and O–H groups in total. The number of unbranched alkanes of at least 4 members (excludes halogenated alkanes) is 14. The van der Waals surface area contributed by atoms with Gasteiger partial charge in [0, 0.05) is 13.2 Å². The Balaban J connectivity index is 0.00000118. The van der Waals surface area contributed by atoms with Gasteiger partial charge in [-0.25, -0.2) is 0 Å². The van der Waals surface area contributed by atoms with E-state index in [9.17, 15) is 0 Å². The first kappa shape index (κ1) is 33.8. The van der Waals surface area contributed by atoms with Gasteiger partial charge >= 0.3 is 10.4 Å². The van der Waals surface area contributed by atoms with Gasteiger partial charge < -0.3 is 14.2 Å². The van der Waals surface area contributed by atoms with E-state index in [2.05, 4.69) is 13.8 Å². The van der Waals surface area contributed by atoms with Gasteiger partial charge in [0.05, 0.1) is 24.4 Å². The predicted molar refractivity (Wildman–Crippen MR) is 146 cm³/mol. The Bertz CT molecular complexity index is 547. The van der Waals surface area contributed by atoms with Crippen LogP contribution in [0.3, 0.4) is 0 Å². The second-order valence-corrected chi connectivity index (χ2v) is 11.5. The highest BCUT2D eigenvalue weighted by Gasteiger charge is 2.35. The van der Waals surface area contributed by atoms with E-state index in [1.54, 1.807) is 0 Å². The molecule has 0 spiro atoms. The van der Waals surface area contributed by atoms with Gasteiger partial charge in [0.15, 0.2) is 0 Å². The quantitative estimate of drug-likeness (QED) is 0.108. The molecular weight excluding hydrogens is 480 g/mol. The topological polar surface area (TPSA) is 102 Å². The van der Waals surface area contributed by atoms with E-state index >= 15 is 0 Å². The molecule has 216 valence electrons. The van der Waals surface area contributed by atoms with Crippen molar-refractivity contribution in [3.8, 4) is 0 Å². The minimum Gasteiger partial charge on any atom is -0.375 e. The second kappa shape index (κ2) is 21.7. The largest absolute Gasteiger partial charge is 0.394 e. The number of hydrogen-bond acceptors (Lipinski definition) is 5. The van der Waals surface area contributed by atoms with E-state index in [1.807, 2.05) is 0 Å². The maximum atomic E-state index is 8.74. The minimum absolute atomic E-state index is 0.289. The zero-order valence-electron chi connectivity index (χ0n) is 23.2. The molecule has 0 radical (unpaired) electrons. The van der Waals surface area contributed by atoms with Crippen molar-refractivity contribution in [2.24, 2.45) is 0 Å². The Morgan fingerprint density at radius 1 is 0.639 bits per heavy atom. The highest BCUT2D eigenvalue weighted by atomic mass is 32.3. The predicted octanol–water partition coefficient (Wildman–Crippen LogP) is 7.73. The molecule has 0 saturated carbocycles. The highest BCUT2D eigenvalue weighted by molar-refractivity contribution is 7.79. The van der Waals surface area contributed by atoms with Gasteiger partial charge in [0.25, 0.3) is 0 Å². The zero-order chi connectivity index (χ0) is 26.5. The molecule has 0 aromatic heterocycles. The number of hydrogen-bond donors (Lipinski definition) is 2. The van der Waals surface area contributed by atoms with E-state index in [0.717, 1.165) is 13.2 Å². The lowest BCUT2D eigenvalue weighted by atomic mass is 9.96. The molecule has 2 heterocycles. The van der Waals surface area contributed by atoms with Crippen LogP contribution < -0.4 is 0 Å². The molecule has 0 aromatic carbocycles. The van der Waals surface area contributed by atoms with Crippen molar-refractivity contribution < 1.29 is 31.7 Å². The summed E-state index contributed by atoms with van der Waals surface area (Å²) in [6.07, 6.45) is 27.9. The summed E-state index contributed by atoms with van der Waals surface area (Å²) >= 11 is 0. The number of rotatable bonds is 22. The molecule has 4 atom stereocenters. The fraction of sp³-hybridized carbons (Fsp3) is 1.00. The minimum atomic E-state index is -4.67. The molecule has 7 nitrogen and oxygen atoms in total. The summed E-state index contributed by atoms with van der Waals surface area (Å²) in [7, 11) is -4.67. The molecular formula is C28H56O7S. The van der Waals surface area contributed by atoms with Crippen molar-refractivity contribution >= 4 is 10.4 Å². The van der Waals surface area contributed by atoms with Crippen LogP contribution in [0.1, 0.15) is 142 Å². The van der Waals surface area contributed by atoms with Gasteiger partial charge in [0.2, 0.25) is 0 Å². The summed E-state index contributed by atoms with van der Waals surface area (Å²) in [6.45, 7) is 6.42. The molecule has 2 aliphatic heterocycles. The maximum Gasteiger partial charge on any atom is 0.394 e. The monoisotopic (exact) mass is 536 g/mol. The summed E-state index contributed by atoms with van der Waals surface area (Å²) in [4.78, 5) is 0. The van der Waals surface area contributed by atoms with Crippen molar-refractivity contribution in [2.75, 3.05) is 13.2 Å². The van der Waals surface area contributed by atoms with Gasteiger partial charge in [-0.3, -0.25) is 9.11 Å². The van der Waals surface area contributed by atoms with Crippen LogP contribution in [-0.4, -0.2) is 55.2 Å². The van der Waals surface area contributed by atoms with Crippen LogP contribution in [0.4, 0.5) is 0 Å². The molecule has 2 aliphatic rings. The average molecular weight is 537 g/mol. The van der Waals surface area contributed by atoms with Crippen LogP contribution >= 0.6 is 0 Å². The van der Waals surface area contributed by atoms with Gasteiger partial charge in [-0.1, -0.05) is 117 Å². The van der Waals surface area contributed by atoms with E-state index in [0.29, 0.717) is 12.2 Å². The van der Waals surface area contributed by atoms with Crippen LogP contribution in [0.15, 0.2) is 0 Å². The third kappa shape index (κ3) is 18.9. The lowest BCUT2D eigenvalue weighted by Gasteiger charge is -2.40. The van der Waals surface area contributed by atoms with E-state index in [4.69, 9.17) is 31.7 Å². The molecule has 8 heteroatoms. The molecule has 2 rings (SSSR count). The first-order valence-corrected chi connectivity index (χ1v) is 16.3. The Hall–Kier alpha value is -0.250. The van der Waals surface area contributed by atoms with Gasteiger partial charge in [-0.15, -0.1) is 0 Å². The normalized spacial score (nSPS) is 21.1. The van der Waals surface area contributed by atoms with Gasteiger partial charge in [-0.05, 0) is 25.7 Å². The molecule has 2 fully saturated rings. The highest BCUT2D eigenvalue weighted by Crippen LogP contribution is 2.29. The lowest BCUT2D eigenvalue weighted by molar-refractivity contribution is -0.202. The van der Waals surface area contributed by atoms with Crippen LogP contribution in [0.25, 0.3) is 0 Å². The Morgan fingerprint density at radius 3 is 1.17 bits per heavy atom. The molecule has 0 aliphatic carbocycles. The first-order valence-electron chi connectivity index (χ1n) is 14.9. The first-order chi connectivity index (χ1) is 17.3. The van der Waals surface area contributed by atoms with E-state index in [1.165, 1.54) is 128 Å². The van der Waals surface area contributed by atoms with Gasteiger partial charge in [0.1, 0.15) is 0 Å². The average Bonchev–Trinajstić information content (AvgIpc) is 2.73. The van der Waals surface area contributed by atoms with Crippen LogP contribution in [0, 0.1) is 0 Å². The Morgan fingerprint density at radius 2 is 0.917 bits per heavy atom. The third-order valence-corrected chi connectivity index (χ3v) is 7.33. The second-order valence-electron chi connectivity index (χ2n) is 10.6. The fourth-order valence-electron chi connectivity index (χ4n) is 4.96. The molecule has 0 aromatic rings. The summed E-state index contributed by atoms with van der Waals surface area (Å²) in [5.74, 6) is 0.